The number of fused-ring (bicyclic) bond motifs is 1. The minimum absolute atomic E-state index is 0.00558. The molecule has 0 unspecified atom stereocenters. The summed E-state index contributed by atoms with van der Waals surface area (Å²) in [5.74, 6) is -0.00558. The standard InChI is InChI=1S/C20H20ClN3O2S/c21-15-6-7-17-18(12-15)26-20(27)24(17)13-23-10-8-16(9-11-23)22-19(25)14-4-2-1-3-5-14/h1-7,12,16H,8-11,13H2,(H,22,25). The van der Waals surface area contributed by atoms with Crippen molar-refractivity contribution in [3.8, 4) is 0 Å². The van der Waals surface area contributed by atoms with Crippen molar-refractivity contribution in [2.24, 2.45) is 0 Å². The molecule has 0 aliphatic carbocycles. The van der Waals surface area contributed by atoms with Crippen LogP contribution in [0.15, 0.2) is 52.9 Å². The van der Waals surface area contributed by atoms with Gasteiger partial charge < -0.3 is 9.73 Å². The Hall–Kier alpha value is -2.15. The molecule has 0 saturated carbocycles. The number of hydrogen-bond donors (Lipinski definition) is 1. The van der Waals surface area contributed by atoms with Gasteiger partial charge in [-0.1, -0.05) is 29.8 Å². The van der Waals surface area contributed by atoms with E-state index in [4.69, 9.17) is 28.2 Å². The van der Waals surface area contributed by atoms with E-state index in [-0.39, 0.29) is 11.9 Å². The zero-order chi connectivity index (χ0) is 18.8. The fourth-order valence-corrected chi connectivity index (χ4v) is 3.86. The Kier molecular flexibility index (Phi) is 5.29. The first kappa shape index (κ1) is 18.2. The fraction of sp³-hybridized carbons (Fsp3) is 0.300. The molecule has 1 aliphatic rings. The first-order valence-electron chi connectivity index (χ1n) is 8.97. The third-order valence-corrected chi connectivity index (χ3v) is 5.47. The fourth-order valence-electron chi connectivity index (χ4n) is 3.45. The number of nitrogens with one attached hydrogen (secondary N) is 1. The van der Waals surface area contributed by atoms with Gasteiger partial charge in [0.25, 0.3) is 10.7 Å². The smallest absolute Gasteiger partial charge is 0.270 e. The van der Waals surface area contributed by atoms with Gasteiger partial charge in [-0.3, -0.25) is 14.3 Å². The predicted molar refractivity (Wildman–Crippen MR) is 109 cm³/mol. The molecule has 0 spiro atoms. The minimum atomic E-state index is -0.00558. The molecular formula is C20H20ClN3O2S. The van der Waals surface area contributed by atoms with E-state index < -0.39 is 0 Å². The minimum Gasteiger partial charge on any atom is -0.429 e. The van der Waals surface area contributed by atoms with Gasteiger partial charge in [0.2, 0.25) is 0 Å². The Bertz CT molecular complexity index is 1010. The third-order valence-electron chi connectivity index (χ3n) is 4.93. The van der Waals surface area contributed by atoms with E-state index in [0.717, 1.165) is 31.4 Å². The zero-order valence-electron chi connectivity index (χ0n) is 14.7. The van der Waals surface area contributed by atoms with Gasteiger partial charge in [0.15, 0.2) is 5.58 Å². The summed E-state index contributed by atoms with van der Waals surface area (Å²) in [7, 11) is 0. The first-order valence-corrected chi connectivity index (χ1v) is 9.76. The van der Waals surface area contributed by atoms with Crippen molar-refractivity contribution in [3.05, 3.63) is 64.0 Å². The summed E-state index contributed by atoms with van der Waals surface area (Å²) >= 11 is 11.4. The summed E-state index contributed by atoms with van der Waals surface area (Å²) in [6, 6.07) is 15.1. The maximum atomic E-state index is 12.3. The second kappa shape index (κ2) is 7.84. The molecular weight excluding hydrogens is 382 g/mol. The molecule has 5 nitrogen and oxygen atoms in total. The van der Waals surface area contributed by atoms with Gasteiger partial charge in [-0.25, -0.2) is 0 Å². The van der Waals surface area contributed by atoms with Crippen LogP contribution >= 0.6 is 23.8 Å². The molecule has 1 fully saturated rings. The van der Waals surface area contributed by atoms with Crippen LogP contribution in [0.3, 0.4) is 0 Å². The quantitative estimate of drug-likeness (QED) is 0.655. The molecule has 7 heteroatoms. The average Bonchev–Trinajstić information content (AvgIpc) is 2.98. The van der Waals surface area contributed by atoms with E-state index in [1.54, 1.807) is 6.07 Å². The van der Waals surface area contributed by atoms with Crippen molar-refractivity contribution in [2.75, 3.05) is 13.1 Å². The summed E-state index contributed by atoms with van der Waals surface area (Å²) in [5.41, 5.74) is 2.36. The molecule has 1 N–H and O–H groups in total. The Balaban J connectivity index is 1.37. The Morgan fingerprint density at radius 2 is 1.93 bits per heavy atom. The third kappa shape index (κ3) is 4.08. The normalized spacial score (nSPS) is 15.9. The molecule has 0 radical (unpaired) electrons. The molecule has 1 amide bonds. The van der Waals surface area contributed by atoms with Crippen molar-refractivity contribution >= 4 is 40.8 Å². The van der Waals surface area contributed by atoms with Gasteiger partial charge in [-0.05, 0) is 49.3 Å². The number of carbonyl (C=O) groups is 1. The van der Waals surface area contributed by atoms with Gasteiger partial charge in [0, 0.05) is 35.8 Å². The van der Waals surface area contributed by atoms with Crippen LogP contribution in [-0.2, 0) is 6.67 Å². The zero-order valence-corrected chi connectivity index (χ0v) is 16.3. The number of rotatable bonds is 4. The molecule has 1 aromatic heterocycles. The van der Waals surface area contributed by atoms with E-state index in [1.807, 2.05) is 47.0 Å². The van der Waals surface area contributed by atoms with E-state index in [9.17, 15) is 4.79 Å². The topological polar surface area (TPSA) is 50.4 Å². The van der Waals surface area contributed by atoms with E-state index in [0.29, 0.717) is 27.7 Å². The highest BCUT2D eigenvalue weighted by molar-refractivity contribution is 7.71. The lowest BCUT2D eigenvalue weighted by atomic mass is 10.0. The lowest BCUT2D eigenvalue weighted by Gasteiger charge is -2.32. The van der Waals surface area contributed by atoms with Crippen LogP contribution in [0, 0.1) is 4.84 Å². The average molecular weight is 402 g/mol. The number of hydrogen-bond acceptors (Lipinski definition) is 4. The van der Waals surface area contributed by atoms with Gasteiger partial charge >= 0.3 is 0 Å². The first-order chi connectivity index (χ1) is 13.1. The van der Waals surface area contributed by atoms with Crippen LogP contribution in [0.4, 0.5) is 0 Å². The van der Waals surface area contributed by atoms with Gasteiger partial charge in [0.05, 0.1) is 12.2 Å². The largest absolute Gasteiger partial charge is 0.429 e. The number of likely N-dealkylation sites (tertiary alicyclic amines) is 1. The summed E-state index contributed by atoms with van der Waals surface area (Å²) < 4.78 is 7.64. The molecule has 1 saturated heterocycles. The van der Waals surface area contributed by atoms with Crippen molar-refractivity contribution in [1.82, 2.24) is 14.8 Å². The lowest BCUT2D eigenvalue weighted by molar-refractivity contribution is 0.0899. The molecule has 27 heavy (non-hydrogen) atoms. The number of halogens is 1. The van der Waals surface area contributed by atoms with Crippen molar-refractivity contribution in [3.63, 3.8) is 0 Å². The molecule has 140 valence electrons. The molecule has 2 aromatic carbocycles. The van der Waals surface area contributed by atoms with Crippen molar-refractivity contribution in [1.29, 1.82) is 0 Å². The molecule has 4 rings (SSSR count). The highest BCUT2D eigenvalue weighted by Gasteiger charge is 2.22. The van der Waals surface area contributed by atoms with E-state index in [2.05, 4.69) is 10.2 Å². The van der Waals surface area contributed by atoms with Crippen LogP contribution in [0.1, 0.15) is 23.2 Å². The number of carbonyl (C=O) groups excluding carboxylic acids is 1. The Morgan fingerprint density at radius 3 is 2.67 bits per heavy atom. The maximum Gasteiger partial charge on any atom is 0.270 e. The summed E-state index contributed by atoms with van der Waals surface area (Å²) in [5, 5.41) is 3.77. The highest BCUT2D eigenvalue weighted by Crippen LogP contribution is 2.23. The maximum absolute atomic E-state index is 12.3. The van der Waals surface area contributed by atoms with Crippen molar-refractivity contribution in [2.45, 2.75) is 25.6 Å². The number of oxazole rings is 1. The van der Waals surface area contributed by atoms with Crippen LogP contribution in [0.25, 0.3) is 11.1 Å². The van der Waals surface area contributed by atoms with Gasteiger partial charge in [0.1, 0.15) is 0 Å². The van der Waals surface area contributed by atoms with Crippen LogP contribution < -0.4 is 5.32 Å². The lowest BCUT2D eigenvalue weighted by Crippen LogP contribution is -2.45. The predicted octanol–water partition coefficient (Wildman–Crippen LogP) is 4.47. The SMILES string of the molecule is O=C(NC1CCN(Cn2c(=S)oc3cc(Cl)ccc32)CC1)c1ccccc1. The van der Waals surface area contributed by atoms with Gasteiger partial charge in [-0.15, -0.1) is 0 Å². The monoisotopic (exact) mass is 401 g/mol. The Labute approximate surface area is 167 Å². The van der Waals surface area contributed by atoms with Crippen molar-refractivity contribution < 1.29 is 9.21 Å². The molecule has 0 atom stereocenters. The van der Waals surface area contributed by atoms with E-state index >= 15 is 0 Å². The second-order valence-electron chi connectivity index (χ2n) is 6.78. The molecule has 2 heterocycles. The second-order valence-corrected chi connectivity index (χ2v) is 7.57. The van der Waals surface area contributed by atoms with Crippen LogP contribution in [-0.4, -0.2) is 34.5 Å². The number of amides is 1. The highest BCUT2D eigenvalue weighted by atomic mass is 35.5. The van der Waals surface area contributed by atoms with E-state index in [1.165, 1.54) is 0 Å². The molecule has 3 aromatic rings. The summed E-state index contributed by atoms with van der Waals surface area (Å²) in [4.78, 5) is 15.1. The number of piperidine rings is 1. The number of nitrogens with zero attached hydrogens (tertiary/aromatic N) is 2. The number of benzene rings is 2. The summed E-state index contributed by atoms with van der Waals surface area (Å²) in [6.45, 7) is 2.45. The number of aromatic nitrogens is 1. The molecule has 0 bridgehead atoms. The van der Waals surface area contributed by atoms with Gasteiger partial charge in [-0.2, -0.15) is 0 Å². The van der Waals surface area contributed by atoms with Crippen LogP contribution in [0.5, 0.6) is 0 Å². The Morgan fingerprint density at radius 1 is 1.19 bits per heavy atom. The molecule has 1 aliphatic heterocycles. The van der Waals surface area contributed by atoms with Crippen LogP contribution in [0.2, 0.25) is 5.02 Å². The summed E-state index contributed by atoms with van der Waals surface area (Å²) in [6.07, 6.45) is 1.82.